The Balaban J connectivity index is 3.26. The van der Waals surface area contributed by atoms with Crippen molar-refractivity contribution in [3.8, 4) is 0 Å². The first-order valence-electron chi connectivity index (χ1n) is 3.35. The second kappa shape index (κ2) is 5.61. The fourth-order valence-corrected chi connectivity index (χ4v) is 0.633. The SMILES string of the molecule is C=C=C[C@@H](O)CCCC. The van der Waals surface area contributed by atoms with Crippen LogP contribution < -0.4 is 0 Å². The third kappa shape index (κ3) is 5.35. The Morgan fingerprint density at radius 1 is 1.78 bits per heavy atom. The Labute approximate surface area is 56.7 Å². The summed E-state index contributed by atoms with van der Waals surface area (Å²) in [5, 5.41) is 9.02. The van der Waals surface area contributed by atoms with Gasteiger partial charge in [0.25, 0.3) is 0 Å². The summed E-state index contributed by atoms with van der Waals surface area (Å²) in [6.07, 6.45) is 4.29. The van der Waals surface area contributed by atoms with Crippen LogP contribution in [0.2, 0.25) is 0 Å². The summed E-state index contributed by atoms with van der Waals surface area (Å²) in [6, 6.07) is 0. The molecule has 0 aromatic rings. The van der Waals surface area contributed by atoms with Gasteiger partial charge < -0.3 is 5.11 Å². The van der Waals surface area contributed by atoms with E-state index < -0.39 is 0 Å². The lowest BCUT2D eigenvalue weighted by Gasteiger charge is -2.00. The van der Waals surface area contributed by atoms with Crippen molar-refractivity contribution in [3.05, 3.63) is 18.4 Å². The van der Waals surface area contributed by atoms with E-state index in [0.29, 0.717) is 0 Å². The highest BCUT2D eigenvalue weighted by molar-refractivity contribution is 4.83. The van der Waals surface area contributed by atoms with Crippen molar-refractivity contribution in [3.63, 3.8) is 0 Å². The first-order valence-corrected chi connectivity index (χ1v) is 3.35. The minimum atomic E-state index is -0.331. The van der Waals surface area contributed by atoms with Crippen LogP contribution in [0.5, 0.6) is 0 Å². The molecule has 0 spiro atoms. The van der Waals surface area contributed by atoms with Crippen molar-refractivity contribution >= 4 is 0 Å². The van der Waals surface area contributed by atoms with Gasteiger partial charge in [0.1, 0.15) is 0 Å². The molecule has 0 bridgehead atoms. The second-order valence-electron chi connectivity index (χ2n) is 2.08. The molecule has 0 aliphatic carbocycles. The van der Waals surface area contributed by atoms with E-state index in [1.165, 1.54) is 0 Å². The minimum absolute atomic E-state index is 0.331. The molecule has 0 amide bonds. The largest absolute Gasteiger partial charge is 0.388 e. The Bertz CT molecular complexity index is 101. The molecular weight excluding hydrogens is 112 g/mol. The molecule has 1 nitrogen and oxygen atoms in total. The van der Waals surface area contributed by atoms with E-state index in [4.69, 9.17) is 5.11 Å². The second-order valence-corrected chi connectivity index (χ2v) is 2.08. The van der Waals surface area contributed by atoms with Crippen LogP contribution in [0.25, 0.3) is 0 Å². The Hall–Kier alpha value is -0.520. The summed E-state index contributed by atoms with van der Waals surface area (Å²) < 4.78 is 0. The van der Waals surface area contributed by atoms with E-state index in [9.17, 15) is 0 Å². The fourth-order valence-electron chi connectivity index (χ4n) is 0.633. The van der Waals surface area contributed by atoms with Gasteiger partial charge >= 0.3 is 0 Å². The summed E-state index contributed by atoms with van der Waals surface area (Å²) in [5.41, 5.74) is 2.55. The van der Waals surface area contributed by atoms with Crippen LogP contribution >= 0.6 is 0 Å². The summed E-state index contributed by atoms with van der Waals surface area (Å²) in [5.74, 6) is 0. The van der Waals surface area contributed by atoms with Crippen LogP contribution in [0.1, 0.15) is 26.2 Å². The molecule has 0 aliphatic rings. The molecule has 0 saturated heterocycles. The van der Waals surface area contributed by atoms with E-state index in [2.05, 4.69) is 19.2 Å². The summed E-state index contributed by atoms with van der Waals surface area (Å²) in [4.78, 5) is 0. The van der Waals surface area contributed by atoms with Gasteiger partial charge in [-0.15, -0.1) is 5.73 Å². The van der Waals surface area contributed by atoms with Gasteiger partial charge in [-0.1, -0.05) is 26.3 Å². The van der Waals surface area contributed by atoms with Gasteiger partial charge in [0, 0.05) is 0 Å². The van der Waals surface area contributed by atoms with E-state index in [0.717, 1.165) is 19.3 Å². The molecule has 1 heteroatoms. The van der Waals surface area contributed by atoms with Crippen molar-refractivity contribution in [1.29, 1.82) is 0 Å². The molecule has 0 aliphatic heterocycles. The molecule has 0 radical (unpaired) electrons. The van der Waals surface area contributed by atoms with Crippen LogP contribution in [-0.2, 0) is 0 Å². The molecule has 0 aromatic heterocycles. The van der Waals surface area contributed by atoms with Crippen molar-refractivity contribution < 1.29 is 5.11 Å². The average molecular weight is 126 g/mol. The number of aliphatic hydroxyl groups is 1. The zero-order valence-corrected chi connectivity index (χ0v) is 5.93. The smallest absolute Gasteiger partial charge is 0.0794 e. The number of unbranched alkanes of at least 4 members (excludes halogenated alkanes) is 1. The van der Waals surface area contributed by atoms with Crippen molar-refractivity contribution in [2.45, 2.75) is 32.3 Å². The molecule has 0 saturated carbocycles. The Morgan fingerprint density at radius 3 is 2.89 bits per heavy atom. The summed E-state index contributed by atoms with van der Waals surface area (Å²) in [7, 11) is 0. The van der Waals surface area contributed by atoms with Crippen LogP contribution in [0.4, 0.5) is 0 Å². The molecule has 0 aromatic carbocycles. The zero-order chi connectivity index (χ0) is 7.11. The zero-order valence-electron chi connectivity index (χ0n) is 5.93. The van der Waals surface area contributed by atoms with Crippen molar-refractivity contribution in [2.24, 2.45) is 0 Å². The highest BCUT2D eigenvalue weighted by Crippen LogP contribution is 1.99. The lowest BCUT2D eigenvalue weighted by molar-refractivity contribution is 0.209. The van der Waals surface area contributed by atoms with Gasteiger partial charge in [-0.25, -0.2) is 0 Å². The maximum absolute atomic E-state index is 9.02. The number of rotatable bonds is 4. The number of hydrogen-bond acceptors (Lipinski definition) is 1. The lowest BCUT2D eigenvalue weighted by Crippen LogP contribution is -1.99. The average Bonchev–Trinajstić information content (AvgIpc) is 1.85. The van der Waals surface area contributed by atoms with E-state index in [1.807, 2.05) is 0 Å². The molecule has 1 atom stereocenters. The summed E-state index contributed by atoms with van der Waals surface area (Å²) in [6.45, 7) is 5.47. The Morgan fingerprint density at radius 2 is 2.44 bits per heavy atom. The van der Waals surface area contributed by atoms with Gasteiger partial charge in [-0.3, -0.25) is 0 Å². The van der Waals surface area contributed by atoms with Crippen molar-refractivity contribution in [1.82, 2.24) is 0 Å². The minimum Gasteiger partial charge on any atom is -0.388 e. The van der Waals surface area contributed by atoms with Gasteiger partial charge in [0.2, 0.25) is 0 Å². The molecule has 0 rings (SSSR count). The first kappa shape index (κ1) is 8.48. The molecule has 0 unspecified atom stereocenters. The van der Waals surface area contributed by atoms with Crippen LogP contribution in [0.3, 0.4) is 0 Å². The maximum Gasteiger partial charge on any atom is 0.0794 e. The van der Waals surface area contributed by atoms with Crippen LogP contribution in [-0.4, -0.2) is 11.2 Å². The highest BCUT2D eigenvalue weighted by Gasteiger charge is 1.94. The highest BCUT2D eigenvalue weighted by atomic mass is 16.3. The Kier molecular flexibility index (Phi) is 5.29. The van der Waals surface area contributed by atoms with Crippen molar-refractivity contribution in [2.75, 3.05) is 0 Å². The third-order valence-electron chi connectivity index (χ3n) is 1.16. The predicted molar refractivity (Wildman–Crippen MR) is 39.2 cm³/mol. The van der Waals surface area contributed by atoms with Gasteiger partial charge in [-0.2, -0.15) is 0 Å². The lowest BCUT2D eigenvalue weighted by atomic mass is 10.2. The molecule has 0 fully saturated rings. The first-order chi connectivity index (χ1) is 4.31. The van der Waals surface area contributed by atoms with Crippen LogP contribution in [0, 0.1) is 0 Å². The normalized spacial score (nSPS) is 12.2. The quantitative estimate of drug-likeness (QED) is 0.570. The standard InChI is InChI=1S/C8H14O/c1-3-5-7-8(9)6-4-2/h6,8-9H,2-3,5,7H2,1H3/t8-/m1/s1. The van der Waals surface area contributed by atoms with E-state index >= 15 is 0 Å². The van der Waals surface area contributed by atoms with Gasteiger partial charge in [-0.05, 0) is 12.5 Å². The third-order valence-corrected chi connectivity index (χ3v) is 1.16. The molecule has 1 N–H and O–H groups in total. The molecular formula is C8H14O. The maximum atomic E-state index is 9.02. The molecule has 0 heterocycles. The molecule has 52 valence electrons. The topological polar surface area (TPSA) is 20.2 Å². The summed E-state index contributed by atoms with van der Waals surface area (Å²) >= 11 is 0. The number of aliphatic hydroxyl groups excluding tert-OH is 1. The van der Waals surface area contributed by atoms with Gasteiger partial charge in [0.15, 0.2) is 0 Å². The number of hydrogen-bond donors (Lipinski definition) is 1. The van der Waals surface area contributed by atoms with Crippen LogP contribution in [0.15, 0.2) is 18.4 Å². The predicted octanol–water partition coefficient (Wildman–Crippen LogP) is 1.88. The fraction of sp³-hybridized carbons (Fsp3) is 0.625. The van der Waals surface area contributed by atoms with E-state index in [1.54, 1.807) is 6.08 Å². The van der Waals surface area contributed by atoms with Gasteiger partial charge in [0.05, 0.1) is 6.10 Å². The molecule has 9 heavy (non-hydrogen) atoms. The van der Waals surface area contributed by atoms with E-state index in [-0.39, 0.29) is 6.10 Å². The monoisotopic (exact) mass is 126 g/mol.